The smallest absolute Gasteiger partial charge is 0.255 e. The minimum Gasteiger partial charge on any atom is -0.490 e. The minimum atomic E-state index is -0.0499. The fourth-order valence-corrected chi connectivity index (χ4v) is 4.33. The third-order valence-corrected chi connectivity index (χ3v) is 6.22. The molecule has 0 aliphatic heterocycles. The number of aryl methyl sites for hydroxylation is 1. The van der Waals surface area contributed by atoms with Gasteiger partial charge in [-0.05, 0) is 80.0 Å². The second kappa shape index (κ2) is 7.20. The zero-order valence-corrected chi connectivity index (χ0v) is 15.6. The lowest BCUT2D eigenvalue weighted by atomic mass is 9.66. The Kier molecular flexibility index (Phi) is 5.19. The summed E-state index contributed by atoms with van der Waals surface area (Å²) in [6.07, 6.45) is 8.48. The van der Waals surface area contributed by atoms with Gasteiger partial charge < -0.3 is 15.5 Å². The van der Waals surface area contributed by atoms with Gasteiger partial charge in [-0.2, -0.15) is 0 Å². The van der Waals surface area contributed by atoms with Crippen LogP contribution in [-0.2, 0) is 0 Å². The van der Waals surface area contributed by atoms with Gasteiger partial charge in [0.25, 0.3) is 5.56 Å². The molecule has 1 aromatic heterocycles. The van der Waals surface area contributed by atoms with Crippen LogP contribution >= 0.6 is 0 Å². The lowest BCUT2D eigenvalue weighted by molar-refractivity contribution is 0.0565. The van der Waals surface area contributed by atoms with Gasteiger partial charge in [-0.3, -0.25) is 4.79 Å². The number of hydrogen-bond donors (Lipinski definition) is 2. The molecule has 2 aromatic rings. The summed E-state index contributed by atoms with van der Waals surface area (Å²) >= 11 is 0. The van der Waals surface area contributed by atoms with Crippen LogP contribution in [-0.4, -0.2) is 17.1 Å². The molecule has 1 saturated carbocycles. The molecule has 1 aromatic carbocycles. The Morgan fingerprint density at radius 2 is 2.04 bits per heavy atom. The molecule has 25 heavy (non-hydrogen) atoms. The van der Waals surface area contributed by atoms with Crippen molar-refractivity contribution in [2.75, 3.05) is 0 Å². The minimum absolute atomic E-state index is 0.0499. The van der Waals surface area contributed by atoms with Crippen molar-refractivity contribution in [1.82, 2.24) is 4.98 Å². The molecule has 1 heterocycles. The van der Waals surface area contributed by atoms with Crippen molar-refractivity contribution in [2.45, 2.75) is 71.4 Å². The second-order valence-corrected chi connectivity index (χ2v) is 7.56. The maximum absolute atomic E-state index is 11.9. The first-order valence-electron chi connectivity index (χ1n) is 9.53. The standard InChI is InChI=1S/C21H30N2O2/c1-4-19(22)21(5-2)9-6-16(7-10-21)25-18-13-15-8-11-23-20(24)17(15)12-14(18)3/h8,11-13,16,19H,4-7,9-10,22H2,1-3H3,(H,23,24)/t16-,19-,21-/m1/s1. The number of nitrogens with two attached hydrogens (primary N) is 1. The molecule has 1 aliphatic carbocycles. The zero-order valence-electron chi connectivity index (χ0n) is 15.6. The number of fused-ring (bicyclic) bond motifs is 1. The largest absolute Gasteiger partial charge is 0.490 e. The third-order valence-electron chi connectivity index (χ3n) is 6.22. The van der Waals surface area contributed by atoms with Crippen molar-refractivity contribution in [1.29, 1.82) is 0 Å². The molecule has 136 valence electrons. The van der Waals surface area contributed by atoms with Crippen LogP contribution in [0.15, 0.2) is 29.2 Å². The van der Waals surface area contributed by atoms with Crippen molar-refractivity contribution >= 4 is 10.8 Å². The molecular weight excluding hydrogens is 312 g/mol. The van der Waals surface area contributed by atoms with Crippen molar-refractivity contribution in [2.24, 2.45) is 11.1 Å². The molecular formula is C21H30N2O2. The highest BCUT2D eigenvalue weighted by atomic mass is 16.5. The van der Waals surface area contributed by atoms with Crippen LogP contribution in [0.4, 0.5) is 0 Å². The highest BCUT2D eigenvalue weighted by molar-refractivity contribution is 5.83. The van der Waals surface area contributed by atoms with Crippen molar-refractivity contribution < 1.29 is 4.74 Å². The summed E-state index contributed by atoms with van der Waals surface area (Å²) in [5.74, 6) is 0.895. The number of hydrogen-bond acceptors (Lipinski definition) is 3. The van der Waals surface area contributed by atoms with E-state index in [1.165, 1.54) is 0 Å². The molecule has 1 aliphatic rings. The second-order valence-electron chi connectivity index (χ2n) is 7.56. The first-order chi connectivity index (χ1) is 12.0. The van der Waals surface area contributed by atoms with Gasteiger partial charge >= 0.3 is 0 Å². The van der Waals surface area contributed by atoms with E-state index in [2.05, 4.69) is 18.8 Å². The maximum Gasteiger partial charge on any atom is 0.255 e. The average molecular weight is 342 g/mol. The number of nitrogens with one attached hydrogen (secondary N) is 1. The first kappa shape index (κ1) is 18.0. The maximum atomic E-state index is 11.9. The van der Waals surface area contributed by atoms with E-state index in [0.29, 0.717) is 0 Å². The van der Waals surface area contributed by atoms with E-state index in [4.69, 9.17) is 10.5 Å². The van der Waals surface area contributed by atoms with Crippen LogP contribution in [0.5, 0.6) is 5.75 Å². The summed E-state index contributed by atoms with van der Waals surface area (Å²) in [5.41, 5.74) is 7.66. The summed E-state index contributed by atoms with van der Waals surface area (Å²) in [5, 5.41) is 1.64. The van der Waals surface area contributed by atoms with Crippen LogP contribution in [0.1, 0.15) is 57.9 Å². The predicted octanol–water partition coefficient (Wildman–Crippen LogP) is 4.29. The monoisotopic (exact) mass is 342 g/mol. The third kappa shape index (κ3) is 3.45. The van der Waals surface area contributed by atoms with Gasteiger partial charge in [-0.25, -0.2) is 0 Å². The Hall–Kier alpha value is -1.81. The zero-order chi connectivity index (χ0) is 18.0. The first-order valence-corrected chi connectivity index (χ1v) is 9.53. The molecule has 0 unspecified atom stereocenters. The molecule has 0 amide bonds. The highest BCUT2D eigenvalue weighted by Crippen LogP contribution is 2.43. The van der Waals surface area contributed by atoms with Crippen LogP contribution in [0.2, 0.25) is 0 Å². The van der Waals surface area contributed by atoms with E-state index in [-0.39, 0.29) is 23.1 Å². The summed E-state index contributed by atoms with van der Waals surface area (Å²) in [4.78, 5) is 14.6. The Balaban J connectivity index is 1.75. The van der Waals surface area contributed by atoms with E-state index >= 15 is 0 Å². The van der Waals surface area contributed by atoms with Gasteiger partial charge in [0, 0.05) is 17.6 Å². The van der Waals surface area contributed by atoms with Gasteiger partial charge in [0.2, 0.25) is 0 Å². The van der Waals surface area contributed by atoms with E-state index in [1.54, 1.807) is 6.20 Å². The predicted molar refractivity (Wildman–Crippen MR) is 103 cm³/mol. The summed E-state index contributed by atoms with van der Waals surface area (Å²) in [7, 11) is 0. The normalized spacial score (nSPS) is 25.0. The van der Waals surface area contributed by atoms with Gasteiger partial charge in [-0.1, -0.05) is 13.8 Å². The Morgan fingerprint density at radius 3 is 2.68 bits per heavy atom. The number of rotatable bonds is 5. The van der Waals surface area contributed by atoms with Gasteiger partial charge in [0.05, 0.1) is 6.10 Å². The molecule has 1 atom stereocenters. The Bertz CT molecular complexity index is 788. The molecule has 0 radical (unpaired) electrons. The summed E-state index contributed by atoms with van der Waals surface area (Å²) < 4.78 is 6.33. The van der Waals surface area contributed by atoms with E-state index in [9.17, 15) is 4.79 Å². The van der Waals surface area contributed by atoms with Gasteiger partial charge in [0.15, 0.2) is 0 Å². The SMILES string of the molecule is CC[C@@H](N)[C@]1(CC)CC[C@@H](Oc2cc3cc[nH]c(=O)c3cc2C)CC1. The number of ether oxygens (including phenoxy) is 1. The quantitative estimate of drug-likeness (QED) is 0.851. The molecule has 0 bridgehead atoms. The van der Waals surface area contributed by atoms with Crippen molar-refractivity contribution in [3.63, 3.8) is 0 Å². The molecule has 4 heteroatoms. The highest BCUT2D eigenvalue weighted by Gasteiger charge is 2.38. The van der Waals surface area contributed by atoms with E-state index in [1.807, 2.05) is 25.1 Å². The lowest BCUT2D eigenvalue weighted by Gasteiger charge is -2.43. The number of aromatic nitrogens is 1. The number of pyridine rings is 1. The van der Waals surface area contributed by atoms with Crippen molar-refractivity contribution in [3.8, 4) is 5.75 Å². The van der Waals surface area contributed by atoms with Crippen LogP contribution in [0.25, 0.3) is 10.8 Å². The summed E-state index contributed by atoms with van der Waals surface area (Å²) in [6.45, 7) is 6.46. The van der Waals surface area contributed by atoms with Gasteiger partial charge in [-0.15, -0.1) is 0 Å². The molecule has 3 N–H and O–H groups in total. The van der Waals surface area contributed by atoms with Crippen LogP contribution in [0, 0.1) is 12.3 Å². The van der Waals surface area contributed by atoms with Crippen LogP contribution in [0.3, 0.4) is 0 Å². The fraction of sp³-hybridized carbons (Fsp3) is 0.571. The molecule has 4 nitrogen and oxygen atoms in total. The molecule has 0 spiro atoms. The fourth-order valence-electron chi connectivity index (χ4n) is 4.33. The lowest BCUT2D eigenvalue weighted by Crippen LogP contribution is -2.45. The Morgan fingerprint density at radius 1 is 1.32 bits per heavy atom. The number of benzene rings is 1. The number of aromatic amines is 1. The van der Waals surface area contributed by atoms with E-state index in [0.717, 1.165) is 60.6 Å². The van der Waals surface area contributed by atoms with Gasteiger partial charge in [0.1, 0.15) is 5.75 Å². The van der Waals surface area contributed by atoms with Crippen molar-refractivity contribution in [3.05, 3.63) is 40.3 Å². The van der Waals surface area contributed by atoms with Crippen LogP contribution < -0.4 is 16.0 Å². The topological polar surface area (TPSA) is 68.1 Å². The summed E-state index contributed by atoms with van der Waals surface area (Å²) in [6, 6.07) is 6.13. The number of H-pyrrole nitrogens is 1. The molecule has 0 saturated heterocycles. The molecule has 3 rings (SSSR count). The average Bonchev–Trinajstić information content (AvgIpc) is 2.63. The Labute approximate surface area is 149 Å². The molecule has 1 fully saturated rings. The van der Waals surface area contributed by atoms with E-state index < -0.39 is 0 Å².